The van der Waals surface area contributed by atoms with Crippen LogP contribution in [-0.4, -0.2) is 44.1 Å². The molecule has 1 aliphatic rings. The Hall–Kier alpha value is -1.11. The van der Waals surface area contributed by atoms with Crippen LogP contribution >= 0.6 is 0 Å². The zero-order valence-corrected chi connectivity index (χ0v) is 12.5. The minimum Gasteiger partial charge on any atom is -0.497 e. The predicted molar refractivity (Wildman–Crippen MR) is 76.2 cm³/mol. The third kappa shape index (κ3) is 3.13. The van der Waals surface area contributed by atoms with Gasteiger partial charge in [0.05, 0.1) is 12.0 Å². The predicted octanol–water partition coefficient (Wildman–Crippen LogP) is 1.62. The number of rotatable bonds is 7. The largest absolute Gasteiger partial charge is 0.497 e. The maximum absolute atomic E-state index is 12.7. The van der Waals surface area contributed by atoms with Gasteiger partial charge in [-0.3, -0.25) is 0 Å². The standard InChI is InChI=1S/C14H21NO4S/c1-19-13-7-3-8-14(11-13)20(17,18)15(9-4-10-16)12-5-2-6-12/h3,7-8,11-12,16H,2,4-6,9-10H2,1H3. The van der Waals surface area contributed by atoms with Crippen LogP contribution in [0.25, 0.3) is 0 Å². The summed E-state index contributed by atoms with van der Waals surface area (Å²) in [5, 5.41) is 8.96. The number of benzene rings is 1. The van der Waals surface area contributed by atoms with E-state index in [1.807, 2.05) is 0 Å². The van der Waals surface area contributed by atoms with Crippen molar-refractivity contribution in [3.63, 3.8) is 0 Å². The van der Waals surface area contributed by atoms with Crippen LogP contribution in [-0.2, 0) is 10.0 Å². The van der Waals surface area contributed by atoms with E-state index in [1.165, 1.54) is 11.4 Å². The van der Waals surface area contributed by atoms with Gasteiger partial charge in [-0.25, -0.2) is 8.42 Å². The molecule has 1 aromatic rings. The van der Waals surface area contributed by atoms with Crippen molar-refractivity contribution >= 4 is 10.0 Å². The van der Waals surface area contributed by atoms with E-state index in [-0.39, 0.29) is 17.5 Å². The summed E-state index contributed by atoms with van der Waals surface area (Å²) in [4.78, 5) is 0.252. The van der Waals surface area contributed by atoms with Crippen molar-refractivity contribution in [3.05, 3.63) is 24.3 Å². The van der Waals surface area contributed by atoms with Crippen LogP contribution in [0.2, 0.25) is 0 Å². The van der Waals surface area contributed by atoms with Crippen LogP contribution in [0.1, 0.15) is 25.7 Å². The summed E-state index contributed by atoms with van der Waals surface area (Å²) in [6, 6.07) is 6.59. The Bertz CT molecular complexity index is 540. The van der Waals surface area contributed by atoms with Gasteiger partial charge in [-0.05, 0) is 31.4 Å². The Balaban J connectivity index is 2.28. The summed E-state index contributed by atoms with van der Waals surface area (Å²) in [7, 11) is -2.01. The molecule has 2 rings (SSSR count). The molecule has 6 heteroatoms. The molecule has 0 bridgehead atoms. The van der Waals surface area contributed by atoms with Gasteiger partial charge >= 0.3 is 0 Å². The SMILES string of the molecule is COc1cccc(S(=O)(=O)N(CCCO)C2CCC2)c1. The first-order chi connectivity index (χ1) is 9.59. The molecule has 112 valence electrons. The van der Waals surface area contributed by atoms with E-state index in [0.29, 0.717) is 18.7 Å². The first-order valence-electron chi connectivity index (χ1n) is 6.86. The van der Waals surface area contributed by atoms with Gasteiger partial charge in [0.25, 0.3) is 0 Å². The Morgan fingerprint density at radius 3 is 2.70 bits per heavy atom. The van der Waals surface area contributed by atoms with E-state index in [1.54, 1.807) is 24.3 Å². The number of methoxy groups -OCH3 is 1. The van der Waals surface area contributed by atoms with Crippen molar-refractivity contribution in [2.75, 3.05) is 20.3 Å². The maximum atomic E-state index is 12.7. The molecule has 1 saturated carbocycles. The molecule has 0 spiro atoms. The highest BCUT2D eigenvalue weighted by atomic mass is 32.2. The Kier molecular flexibility index (Phi) is 5.01. The van der Waals surface area contributed by atoms with Crippen molar-refractivity contribution in [3.8, 4) is 5.75 Å². The summed E-state index contributed by atoms with van der Waals surface area (Å²) in [6.45, 7) is 0.359. The highest BCUT2D eigenvalue weighted by molar-refractivity contribution is 7.89. The van der Waals surface area contributed by atoms with E-state index in [0.717, 1.165) is 19.3 Å². The Labute approximate surface area is 120 Å². The fourth-order valence-corrected chi connectivity index (χ4v) is 4.06. The van der Waals surface area contributed by atoms with Gasteiger partial charge in [-0.2, -0.15) is 4.31 Å². The molecule has 0 heterocycles. The minimum absolute atomic E-state index is 0.00312. The summed E-state index contributed by atoms with van der Waals surface area (Å²) >= 11 is 0. The lowest BCUT2D eigenvalue weighted by molar-refractivity contribution is 0.198. The third-order valence-corrected chi connectivity index (χ3v) is 5.61. The number of sulfonamides is 1. The molecule has 1 fully saturated rings. The van der Waals surface area contributed by atoms with Crippen molar-refractivity contribution in [2.24, 2.45) is 0 Å². The normalized spacial score (nSPS) is 16.1. The summed E-state index contributed by atoms with van der Waals surface area (Å²) < 4.78 is 32.1. The van der Waals surface area contributed by atoms with E-state index >= 15 is 0 Å². The lowest BCUT2D eigenvalue weighted by Crippen LogP contribution is -2.44. The molecule has 1 N–H and O–H groups in total. The molecule has 1 aromatic carbocycles. The van der Waals surface area contributed by atoms with Crippen molar-refractivity contribution in [2.45, 2.75) is 36.6 Å². The quantitative estimate of drug-likeness (QED) is 0.831. The number of nitrogens with zero attached hydrogens (tertiary/aromatic N) is 1. The topological polar surface area (TPSA) is 66.8 Å². The second-order valence-corrected chi connectivity index (χ2v) is 6.85. The highest BCUT2D eigenvalue weighted by Crippen LogP contribution is 2.31. The fourth-order valence-electron chi connectivity index (χ4n) is 2.30. The fraction of sp³-hybridized carbons (Fsp3) is 0.571. The molecule has 1 aliphatic carbocycles. The number of hydrogen-bond donors (Lipinski definition) is 1. The van der Waals surface area contributed by atoms with E-state index in [2.05, 4.69) is 0 Å². The van der Waals surface area contributed by atoms with Crippen molar-refractivity contribution < 1.29 is 18.3 Å². The molecule has 5 nitrogen and oxygen atoms in total. The molecule has 0 saturated heterocycles. The average molecular weight is 299 g/mol. The lowest BCUT2D eigenvalue weighted by Gasteiger charge is -2.36. The second-order valence-electron chi connectivity index (χ2n) is 4.96. The molecule has 20 heavy (non-hydrogen) atoms. The van der Waals surface area contributed by atoms with Crippen LogP contribution in [0, 0.1) is 0 Å². The smallest absolute Gasteiger partial charge is 0.243 e. The molecular weight excluding hydrogens is 278 g/mol. The Morgan fingerprint density at radius 2 is 2.15 bits per heavy atom. The molecule has 0 amide bonds. The van der Waals surface area contributed by atoms with Crippen molar-refractivity contribution in [1.82, 2.24) is 4.31 Å². The summed E-state index contributed by atoms with van der Waals surface area (Å²) in [6.07, 6.45) is 3.32. The van der Waals surface area contributed by atoms with E-state index in [4.69, 9.17) is 9.84 Å². The molecule has 0 atom stereocenters. The van der Waals surface area contributed by atoms with E-state index in [9.17, 15) is 8.42 Å². The molecule has 0 radical (unpaired) electrons. The third-order valence-electron chi connectivity index (χ3n) is 3.67. The molecule has 0 aliphatic heterocycles. The second kappa shape index (κ2) is 6.56. The van der Waals surface area contributed by atoms with Gasteiger partial charge in [0.1, 0.15) is 5.75 Å². The zero-order valence-electron chi connectivity index (χ0n) is 11.7. The molecule has 0 aromatic heterocycles. The Morgan fingerprint density at radius 1 is 1.40 bits per heavy atom. The first kappa shape index (κ1) is 15.3. The van der Waals surface area contributed by atoms with Gasteiger partial charge in [0, 0.05) is 25.3 Å². The van der Waals surface area contributed by atoms with Gasteiger partial charge in [0.2, 0.25) is 10.0 Å². The first-order valence-corrected chi connectivity index (χ1v) is 8.30. The van der Waals surface area contributed by atoms with Crippen molar-refractivity contribution in [1.29, 1.82) is 0 Å². The lowest BCUT2D eigenvalue weighted by atomic mass is 9.93. The van der Waals surface area contributed by atoms with E-state index < -0.39 is 10.0 Å². The number of hydrogen-bond acceptors (Lipinski definition) is 4. The summed E-state index contributed by atoms with van der Waals surface area (Å²) in [5.74, 6) is 0.529. The molecule has 0 unspecified atom stereocenters. The van der Waals surface area contributed by atoms with Gasteiger partial charge in [-0.15, -0.1) is 0 Å². The number of aliphatic hydroxyl groups excluding tert-OH is 1. The monoisotopic (exact) mass is 299 g/mol. The minimum atomic E-state index is -3.52. The van der Waals surface area contributed by atoms with Crippen LogP contribution < -0.4 is 4.74 Å². The van der Waals surface area contributed by atoms with Crippen LogP contribution in [0.5, 0.6) is 5.75 Å². The zero-order chi connectivity index (χ0) is 14.6. The van der Waals surface area contributed by atoms with Crippen LogP contribution in [0.4, 0.5) is 0 Å². The highest BCUT2D eigenvalue weighted by Gasteiger charge is 2.34. The summed E-state index contributed by atoms with van der Waals surface area (Å²) in [5.41, 5.74) is 0. The van der Waals surface area contributed by atoms with Crippen LogP contribution in [0.15, 0.2) is 29.2 Å². The number of aliphatic hydroxyl groups is 1. The number of ether oxygens (including phenoxy) is 1. The van der Waals surface area contributed by atoms with Gasteiger partial charge in [0.15, 0.2) is 0 Å². The molecular formula is C14H21NO4S. The average Bonchev–Trinajstić information content (AvgIpc) is 2.41. The van der Waals surface area contributed by atoms with Gasteiger partial charge < -0.3 is 9.84 Å². The van der Waals surface area contributed by atoms with Crippen LogP contribution in [0.3, 0.4) is 0 Å². The maximum Gasteiger partial charge on any atom is 0.243 e. The van der Waals surface area contributed by atoms with Gasteiger partial charge in [-0.1, -0.05) is 12.5 Å².